The van der Waals surface area contributed by atoms with Crippen molar-refractivity contribution in [1.29, 1.82) is 0 Å². The Bertz CT molecular complexity index is 360. The first-order valence-corrected chi connectivity index (χ1v) is 7.61. The Labute approximate surface area is 106 Å². The highest BCUT2D eigenvalue weighted by atomic mass is 14.5. The summed E-state index contributed by atoms with van der Waals surface area (Å²) in [6.45, 7) is 7.33. The Balaban J connectivity index is 1.84. The van der Waals surface area contributed by atoms with Crippen molar-refractivity contribution in [3.63, 3.8) is 0 Å². The molecule has 3 aliphatic rings. The van der Waals surface area contributed by atoms with Crippen LogP contribution >= 0.6 is 0 Å². The molecule has 0 aliphatic heterocycles. The van der Waals surface area contributed by atoms with Gasteiger partial charge < -0.3 is 0 Å². The van der Waals surface area contributed by atoms with Crippen molar-refractivity contribution in [2.24, 2.45) is 29.6 Å². The summed E-state index contributed by atoms with van der Waals surface area (Å²) in [5, 5.41) is 0. The van der Waals surface area contributed by atoms with Gasteiger partial charge in [-0.2, -0.15) is 0 Å². The van der Waals surface area contributed by atoms with Crippen LogP contribution in [0, 0.1) is 29.6 Å². The van der Waals surface area contributed by atoms with Gasteiger partial charge in [0.05, 0.1) is 0 Å². The first-order chi connectivity index (χ1) is 8.22. The van der Waals surface area contributed by atoms with Crippen LogP contribution in [0.4, 0.5) is 0 Å². The van der Waals surface area contributed by atoms with Crippen molar-refractivity contribution in [3.05, 3.63) is 23.3 Å². The van der Waals surface area contributed by atoms with Gasteiger partial charge in [-0.05, 0) is 54.4 Å². The van der Waals surface area contributed by atoms with Crippen LogP contribution in [-0.2, 0) is 0 Å². The largest absolute Gasteiger partial charge is 0.0802 e. The number of hydrogen-bond donors (Lipinski definition) is 0. The van der Waals surface area contributed by atoms with E-state index in [4.69, 9.17) is 0 Å². The van der Waals surface area contributed by atoms with Gasteiger partial charge in [-0.3, -0.25) is 0 Å². The molecular formula is C17H26. The lowest BCUT2D eigenvalue weighted by molar-refractivity contribution is 0.230. The smallest absolute Gasteiger partial charge is 0.0127 e. The van der Waals surface area contributed by atoms with E-state index in [-0.39, 0.29) is 0 Å². The molecule has 0 aromatic heterocycles. The first-order valence-electron chi connectivity index (χ1n) is 7.61. The van der Waals surface area contributed by atoms with Crippen LogP contribution in [0.3, 0.4) is 0 Å². The van der Waals surface area contributed by atoms with Gasteiger partial charge in [-0.25, -0.2) is 0 Å². The third-order valence-corrected chi connectivity index (χ3v) is 5.79. The van der Waals surface area contributed by atoms with E-state index >= 15 is 0 Å². The molecule has 0 saturated heterocycles. The first kappa shape index (κ1) is 11.6. The van der Waals surface area contributed by atoms with E-state index in [1.54, 1.807) is 11.1 Å². The average Bonchev–Trinajstić information content (AvgIpc) is 2.92. The van der Waals surface area contributed by atoms with Gasteiger partial charge >= 0.3 is 0 Å². The quantitative estimate of drug-likeness (QED) is 0.628. The minimum absolute atomic E-state index is 0.840. The molecule has 5 unspecified atom stereocenters. The van der Waals surface area contributed by atoms with Crippen molar-refractivity contribution in [2.45, 2.75) is 52.9 Å². The van der Waals surface area contributed by atoms with Crippen molar-refractivity contribution < 1.29 is 0 Å². The molecule has 0 aromatic carbocycles. The Hall–Kier alpha value is -0.520. The van der Waals surface area contributed by atoms with E-state index in [1.807, 2.05) is 0 Å². The fraction of sp³-hybridized carbons (Fsp3) is 0.765. The van der Waals surface area contributed by atoms with Crippen LogP contribution in [0.2, 0.25) is 0 Å². The van der Waals surface area contributed by atoms with Crippen LogP contribution in [0.25, 0.3) is 0 Å². The molecule has 1 fully saturated rings. The fourth-order valence-corrected chi connectivity index (χ4v) is 4.93. The zero-order valence-corrected chi connectivity index (χ0v) is 11.6. The highest BCUT2D eigenvalue weighted by molar-refractivity contribution is 5.40. The van der Waals surface area contributed by atoms with Crippen LogP contribution in [0.1, 0.15) is 52.9 Å². The monoisotopic (exact) mass is 230 g/mol. The lowest BCUT2D eigenvalue weighted by Crippen LogP contribution is -2.29. The zero-order chi connectivity index (χ0) is 12.0. The molecule has 0 bridgehead atoms. The molecule has 0 heterocycles. The maximum absolute atomic E-state index is 2.50. The van der Waals surface area contributed by atoms with Crippen molar-refractivity contribution >= 4 is 0 Å². The normalized spacial score (nSPS) is 44.1. The second kappa shape index (κ2) is 4.30. The highest BCUT2D eigenvalue weighted by Crippen LogP contribution is 2.55. The molecule has 0 heteroatoms. The number of rotatable bonds is 2. The van der Waals surface area contributed by atoms with E-state index in [0.717, 1.165) is 29.6 Å². The summed E-state index contributed by atoms with van der Waals surface area (Å²) in [5.74, 6) is 4.72. The molecule has 0 N–H and O–H groups in total. The molecule has 0 nitrogen and oxygen atoms in total. The molecule has 3 aliphatic carbocycles. The fourth-order valence-electron chi connectivity index (χ4n) is 4.93. The summed E-state index contributed by atoms with van der Waals surface area (Å²) >= 11 is 0. The third-order valence-electron chi connectivity index (χ3n) is 5.79. The Morgan fingerprint density at radius 2 is 1.82 bits per heavy atom. The maximum Gasteiger partial charge on any atom is -0.0127 e. The standard InChI is InChI=1S/C17H26/c1-4-6-13-9-16-11(2)14-7-5-8-15(14)12(3)17(16)10-13/h5,7,11-13,16-17H,4,6,8-10H2,1-3H3. The topological polar surface area (TPSA) is 0 Å². The average molecular weight is 230 g/mol. The van der Waals surface area contributed by atoms with Crippen LogP contribution < -0.4 is 0 Å². The van der Waals surface area contributed by atoms with Crippen molar-refractivity contribution in [1.82, 2.24) is 0 Å². The summed E-state index contributed by atoms with van der Waals surface area (Å²) in [4.78, 5) is 0. The Kier molecular flexibility index (Phi) is 2.92. The van der Waals surface area contributed by atoms with Gasteiger partial charge in [0, 0.05) is 0 Å². The third kappa shape index (κ3) is 1.72. The maximum atomic E-state index is 2.50. The molecule has 0 aromatic rings. The molecule has 1 saturated carbocycles. The molecule has 0 spiro atoms. The van der Waals surface area contributed by atoms with E-state index in [9.17, 15) is 0 Å². The minimum Gasteiger partial charge on any atom is -0.0802 e. The minimum atomic E-state index is 0.840. The lowest BCUT2D eigenvalue weighted by atomic mass is 9.67. The molecule has 94 valence electrons. The van der Waals surface area contributed by atoms with E-state index in [2.05, 4.69) is 32.9 Å². The zero-order valence-electron chi connectivity index (χ0n) is 11.6. The molecule has 5 atom stereocenters. The van der Waals surface area contributed by atoms with Crippen LogP contribution in [-0.4, -0.2) is 0 Å². The summed E-state index contributed by atoms with van der Waals surface area (Å²) in [7, 11) is 0. The van der Waals surface area contributed by atoms with E-state index in [0.29, 0.717) is 0 Å². The summed E-state index contributed by atoms with van der Waals surface area (Å²) in [6.07, 6.45) is 11.9. The number of fused-ring (bicyclic) bond motifs is 1. The molecule has 0 amide bonds. The van der Waals surface area contributed by atoms with Gasteiger partial charge in [0.25, 0.3) is 0 Å². The van der Waals surface area contributed by atoms with E-state index in [1.165, 1.54) is 32.1 Å². The highest BCUT2D eigenvalue weighted by Gasteiger charge is 2.45. The summed E-state index contributed by atoms with van der Waals surface area (Å²) in [5.41, 5.74) is 3.51. The second-order valence-electron chi connectivity index (χ2n) is 6.62. The molecular weight excluding hydrogens is 204 g/mol. The predicted molar refractivity (Wildman–Crippen MR) is 73.7 cm³/mol. The summed E-state index contributed by atoms with van der Waals surface area (Å²) in [6, 6.07) is 0. The van der Waals surface area contributed by atoms with Crippen molar-refractivity contribution in [2.75, 3.05) is 0 Å². The number of allylic oxidation sites excluding steroid dienone is 4. The second-order valence-corrected chi connectivity index (χ2v) is 6.62. The van der Waals surface area contributed by atoms with Gasteiger partial charge in [-0.1, -0.05) is 51.3 Å². The number of hydrogen-bond acceptors (Lipinski definition) is 0. The van der Waals surface area contributed by atoms with Gasteiger partial charge in [-0.15, -0.1) is 0 Å². The molecule has 3 rings (SSSR count). The van der Waals surface area contributed by atoms with Crippen LogP contribution in [0.5, 0.6) is 0 Å². The van der Waals surface area contributed by atoms with Gasteiger partial charge in [0.1, 0.15) is 0 Å². The van der Waals surface area contributed by atoms with Crippen LogP contribution in [0.15, 0.2) is 23.3 Å². The molecule has 0 radical (unpaired) electrons. The van der Waals surface area contributed by atoms with E-state index < -0.39 is 0 Å². The Morgan fingerprint density at radius 1 is 1.12 bits per heavy atom. The predicted octanol–water partition coefficient (Wildman–Crippen LogP) is 4.97. The SMILES string of the molecule is CCCC1CC2C(C)C3=C(CC=C3)C(C)C2C1. The summed E-state index contributed by atoms with van der Waals surface area (Å²) < 4.78 is 0. The Morgan fingerprint density at radius 3 is 2.53 bits per heavy atom. The van der Waals surface area contributed by atoms with Gasteiger partial charge in [0.15, 0.2) is 0 Å². The van der Waals surface area contributed by atoms with Crippen molar-refractivity contribution in [3.8, 4) is 0 Å². The molecule has 17 heavy (non-hydrogen) atoms. The van der Waals surface area contributed by atoms with Gasteiger partial charge in [0.2, 0.25) is 0 Å². The lowest BCUT2D eigenvalue weighted by Gasteiger charge is -2.38.